The zero-order valence-corrected chi connectivity index (χ0v) is 18.5. The Balaban J connectivity index is 1.62. The summed E-state index contributed by atoms with van der Waals surface area (Å²) in [5, 5.41) is 15.2. The number of fused-ring (bicyclic) bond motifs is 1. The summed E-state index contributed by atoms with van der Waals surface area (Å²) in [6, 6.07) is 7.22. The lowest BCUT2D eigenvalue weighted by atomic mass is 10.0. The molecule has 0 spiro atoms. The highest BCUT2D eigenvalue weighted by Gasteiger charge is 2.13. The van der Waals surface area contributed by atoms with Gasteiger partial charge in [0.15, 0.2) is 0 Å². The Hall–Kier alpha value is -3.62. The number of nitrogens with one attached hydrogen (secondary N) is 4. The highest BCUT2D eigenvalue weighted by atomic mass is 16.4. The Morgan fingerprint density at radius 3 is 2.50 bits per heavy atom. The minimum absolute atomic E-state index is 0.0160. The van der Waals surface area contributed by atoms with Gasteiger partial charge in [-0.05, 0) is 63.3 Å². The smallest absolute Gasteiger partial charge is 0.303 e. The van der Waals surface area contributed by atoms with Gasteiger partial charge in [0, 0.05) is 30.3 Å². The Labute approximate surface area is 185 Å². The molecule has 0 bridgehead atoms. The van der Waals surface area contributed by atoms with Gasteiger partial charge in [0.05, 0.1) is 5.39 Å². The van der Waals surface area contributed by atoms with Crippen LogP contribution < -0.4 is 16.2 Å². The molecule has 0 aliphatic rings. The zero-order chi connectivity index (χ0) is 23.3. The summed E-state index contributed by atoms with van der Waals surface area (Å²) in [7, 11) is 0. The van der Waals surface area contributed by atoms with Crippen molar-refractivity contribution in [2.75, 3.05) is 5.32 Å². The second kappa shape index (κ2) is 10.1. The number of amides is 1. The van der Waals surface area contributed by atoms with E-state index in [1.165, 1.54) is 0 Å². The first-order valence-corrected chi connectivity index (χ1v) is 10.7. The first-order valence-electron chi connectivity index (χ1n) is 10.7. The fourth-order valence-electron chi connectivity index (χ4n) is 3.46. The van der Waals surface area contributed by atoms with Gasteiger partial charge in [0.2, 0.25) is 5.95 Å². The van der Waals surface area contributed by atoms with Crippen LogP contribution in [0.25, 0.3) is 11.0 Å². The molecule has 1 aromatic carbocycles. The van der Waals surface area contributed by atoms with E-state index in [0.29, 0.717) is 41.8 Å². The van der Waals surface area contributed by atoms with E-state index in [4.69, 9.17) is 5.11 Å². The number of nitrogens with zero attached hydrogens (tertiary/aromatic N) is 1. The number of rotatable bonds is 10. The third-order valence-corrected chi connectivity index (χ3v) is 5.12. The highest BCUT2D eigenvalue weighted by molar-refractivity contribution is 5.94. The molecule has 0 fully saturated rings. The number of hydrogen-bond donors (Lipinski definition) is 5. The quantitative estimate of drug-likeness (QED) is 0.329. The molecule has 5 N–H and O–H groups in total. The Morgan fingerprint density at radius 2 is 1.84 bits per heavy atom. The Morgan fingerprint density at radius 1 is 1.12 bits per heavy atom. The maximum absolute atomic E-state index is 12.5. The monoisotopic (exact) mass is 439 g/mol. The minimum Gasteiger partial charge on any atom is -0.481 e. The first kappa shape index (κ1) is 23.1. The van der Waals surface area contributed by atoms with Gasteiger partial charge in [0.25, 0.3) is 11.5 Å². The van der Waals surface area contributed by atoms with E-state index in [9.17, 15) is 14.4 Å². The molecule has 170 valence electrons. The fourth-order valence-corrected chi connectivity index (χ4v) is 3.46. The molecule has 0 unspecified atom stereocenters. The van der Waals surface area contributed by atoms with Crippen molar-refractivity contribution in [3.05, 3.63) is 57.5 Å². The molecule has 2 aromatic heterocycles. The highest BCUT2D eigenvalue weighted by Crippen LogP contribution is 2.17. The van der Waals surface area contributed by atoms with Crippen LogP contribution in [0.15, 0.2) is 35.3 Å². The predicted molar refractivity (Wildman–Crippen MR) is 123 cm³/mol. The number of hydrogen-bond acceptors (Lipinski definition) is 5. The molecule has 2 heterocycles. The Bertz CT molecular complexity index is 1150. The summed E-state index contributed by atoms with van der Waals surface area (Å²) >= 11 is 0. The number of carboxylic acids is 1. The molecule has 3 aromatic rings. The van der Waals surface area contributed by atoms with Crippen LogP contribution in [0.3, 0.4) is 0 Å². The van der Waals surface area contributed by atoms with E-state index in [1.807, 2.05) is 32.2 Å². The summed E-state index contributed by atoms with van der Waals surface area (Å²) in [4.78, 5) is 45.8. The number of aryl methyl sites for hydroxylation is 2. The van der Waals surface area contributed by atoms with Crippen LogP contribution in [0.5, 0.6) is 0 Å². The number of aromatic amines is 2. The lowest BCUT2D eigenvalue weighted by molar-refractivity contribution is -0.137. The van der Waals surface area contributed by atoms with E-state index >= 15 is 0 Å². The van der Waals surface area contributed by atoms with E-state index < -0.39 is 5.97 Å². The van der Waals surface area contributed by atoms with Crippen LogP contribution in [0.4, 0.5) is 5.95 Å². The normalized spacial score (nSPS) is 12.1. The molecule has 0 saturated carbocycles. The minimum atomic E-state index is -0.879. The maximum Gasteiger partial charge on any atom is 0.303 e. The number of carboxylic acid groups (broad SMARTS) is 1. The molecule has 0 aliphatic carbocycles. The van der Waals surface area contributed by atoms with E-state index in [1.54, 1.807) is 19.1 Å². The van der Waals surface area contributed by atoms with Crippen molar-refractivity contribution < 1.29 is 14.7 Å². The molecular weight excluding hydrogens is 410 g/mol. The van der Waals surface area contributed by atoms with Gasteiger partial charge in [-0.15, -0.1) is 0 Å². The second-order valence-electron chi connectivity index (χ2n) is 8.25. The third-order valence-electron chi connectivity index (χ3n) is 5.12. The van der Waals surface area contributed by atoms with Gasteiger partial charge in [-0.3, -0.25) is 19.4 Å². The molecular formula is C23H29N5O4. The van der Waals surface area contributed by atoms with Gasteiger partial charge in [0.1, 0.15) is 5.65 Å². The number of aromatic nitrogens is 3. The lowest BCUT2D eigenvalue weighted by Gasteiger charge is -2.13. The number of H-pyrrole nitrogens is 2. The number of carbonyl (C=O) groups excluding carboxylic acids is 1. The average Bonchev–Trinajstić information content (AvgIpc) is 3.14. The maximum atomic E-state index is 12.5. The largest absolute Gasteiger partial charge is 0.481 e. The first-order chi connectivity index (χ1) is 15.2. The van der Waals surface area contributed by atoms with E-state index in [2.05, 4.69) is 25.6 Å². The van der Waals surface area contributed by atoms with Crippen molar-refractivity contribution in [2.45, 2.75) is 58.5 Å². The molecule has 3 rings (SSSR count). The standard InChI is InChI=1S/C23H29N5O4/c1-13(2)25-23-27-20-19(22(32)28-23)17(12-24-20)10-7-15-5-8-16(9-6-15)21(31)26-14(3)4-11-18(29)30/h5-6,8-9,12-14H,4,7,10-11H2,1-3H3,(H,26,31)(H,29,30)(H3,24,25,27,28,32)/t14-/m1/s1. The molecule has 0 aliphatic heterocycles. The molecule has 9 nitrogen and oxygen atoms in total. The second-order valence-corrected chi connectivity index (χ2v) is 8.25. The Kier molecular flexibility index (Phi) is 7.29. The van der Waals surface area contributed by atoms with E-state index in [-0.39, 0.29) is 30.0 Å². The summed E-state index contributed by atoms with van der Waals surface area (Å²) in [6.07, 6.45) is 3.57. The van der Waals surface area contributed by atoms with Crippen LogP contribution in [-0.4, -0.2) is 44.0 Å². The summed E-state index contributed by atoms with van der Waals surface area (Å²) in [5.41, 5.74) is 2.82. The van der Waals surface area contributed by atoms with Gasteiger partial charge in [-0.25, -0.2) is 0 Å². The molecule has 1 amide bonds. The van der Waals surface area contributed by atoms with Gasteiger partial charge < -0.3 is 20.7 Å². The van der Waals surface area contributed by atoms with Gasteiger partial charge >= 0.3 is 5.97 Å². The number of carbonyl (C=O) groups is 2. The molecule has 0 radical (unpaired) electrons. The fraction of sp³-hybridized carbons (Fsp3) is 0.391. The molecule has 1 atom stereocenters. The van der Waals surface area contributed by atoms with Crippen molar-refractivity contribution in [3.63, 3.8) is 0 Å². The number of anilines is 1. The van der Waals surface area contributed by atoms with Gasteiger partial charge in [-0.1, -0.05) is 12.1 Å². The SMILES string of the molecule is CC(C)Nc1nc2[nH]cc(CCc3ccc(C(=O)N[C@H](C)CCC(=O)O)cc3)c2c(=O)[nH]1. The predicted octanol–water partition coefficient (Wildman–Crippen LogP) is 2.84. The van der Waals surface area contributed by atoms with Crippen LogP contribution in [0, 0.1) is 0 Å². The third kappa shape index (κ3) is 5.96. The number of benzene rings is 1. The summed E-state index contributed by atoms with van der Waals surface area (Å²) in [5.74, 6) is -0.664. The van der Waals surface area contributed by atoms with Crippen LogP contribution in [0.1, 0.15) is 55.1 Å². The average molecular weight is 440 g/mol. The van der Waals surface area contributed by atoms with Crippen LogP contribution >= 0.6 is 0 Å². The van der Waals surface area contributed by atoms with Crippen LogP contribution in [0.2, 0.25) is 0 Å². The van der Waals surface area contributed by atoms with Crippen LogP contribution in [-0.2, 0) is 17.6 Å². The van der Waals surface area contributed by atoms with Crippen molar-refractivity contribution in [1.82, 2.24) is 20.3 Å². The summed E-state index contributed by atoms with van der Waals surface area (Å²) < 4.78 is 0. The van der Waals surface area contributed by atoms with Crippen molar-refractivity contribution in [3.8, 4) is 0 Å². The molecule has 0 saturated heterocycles. The van der Waals surface area contributed by atoms with E-state index in [0.717, 1.165) is 11.1 Å². The number of aliphatic carboxylic acids is 1. The lowest BCUT2D eigenvalue weighted by Crippen LogP contribution is -2.32. The zero-order valence-electron chi connectivity index (χ0n) is 18.5. The topological polar surface area (TPSA) is 140 Å². The molecule has 9 heteroatoms. The summed E-state index contributed by atoms with van der Waals surface area (Å²) in [6.45, 7) is 5.73. The van der Waals surface area contributed by atoms with Crippen molar-refractivity contribution >= 4 is 28.9 Å². The van der Waals surface area contributed by atoms with Crippen molar-refractivity contribution in [2.24, 2.45) is 0 Å². The van der Waals surface area contributed by atoms with Crippen molar-refractivity contribution in [1.29, 1.82) is 0 Å². The van der Waals surface area contributed by atoms with Gasteiger partial charge in [-0.2, -0.15) is 4.98 Å². The molecule has 32 heavy (non-hydrogen) atoms.